The summed E-state index contributed by atoms with van der Waals surface area (Å²) in [5, 5.41) is 3.10. The second-order valence-corrected chi connectivity index (χ2v) is 4.95. The van der Waals surface area contributed by atoms with E-state index in [1.807, 2.05) is 6.07 Å². The van der Waals surface area contributed by atoms with Crippen molar-refractivity contribution in [2.24, 2.45) is 0 Å². The Bertz CT molecular complexity index is 558. The van der Waals surface area contributed by atoms with Crippen LogP contribution in [-0.4, -0.2) is 12.0 Å². The molecule has 1 aromatic heterocycles. The Labute approximate surface area is 119 Å². The van der Waals surface area contributed by atoms with Crippen molar-refractivity contribution in [3.8, 4) is 0 Å². The smallest absolute Gasteiger partial charge is 0.141 e. The van der Waals surface area contributed by atoms with Crippen LogP contribution in [0, 0.1) is 11.6 Å². The number of pyridine rings is 1. The van der Waals surface area contributed by atoms with E-state index in [1.54, 1.807) is 19.2 Å². The molecule has 2 nitrogen and oxygen atoms in total. The molecule has 0 spiro atoms. The van der Waals surface area contributed by atoms with Crippen LogP contribution in [-0.2, 0) is 6.42 Å². The Morgan fingerprint density at radius 1 is 1.26 bits per heavy atom. The van der Waals surface area contributed by atoms with Crippen LogP contribution in [0.3, 0.4) is 0 Å². The molecule has 5 heteroatoms. The Morgan fingerprint density at radius 3 is 2.68 bits per heavy atom. The largest absolute Gasteiger partial charge is 0.311 e. The Balaban J connectivity index is 2.24. The third-order valence-corrected chi connectivity index (χ3v) is 3.80. The minimum Gasteiger partial charge on any atom is -0.311 e. The first-order chi connectivity index (χ1) is 9.11. The minimum absolute atomic E-state index is 0.0984. The summed E-state index contributed by atoms with van der Waals surface area (Å²) >= 11 is 3.24. The molecule has 0 saturated heterocycles. The van der Waals surface area contributed by atoms with E-state index in [9.17, 15) is 8.78 Å². The van der Waals surface area contributed by atoms with E-state index in [0.717, 1.165) is 11.3 Å². The van der Waals surface area contributed by atoms with Gasteiger partial charge in [-0.15, -0.1) is 0 Å². The number of hydrogen-bond acceptors (Lipinski definition) is 2. The first-order valence-corrected chi connectivity index (χ1v) is 6.62. The van der Waals surface area contributed by atoms with Gasteiger partial charge in [-0.05, 0) is 53.2 Å². The van der Waals surface area contributed by atoms with E-state index >= 15 is 0 Å². The highest BCUT2D eigenvalue weighted by molar-refractivity contribution is 9.10. The molecular weight excluding hydrogens is 314 g/mol. The maximum absolute atomic E-state index is 13.5. The molecule has 19 heavy (non-hydrogen) atoms. The molecule has 2 rings (SSSR count). The van der Waals surface area contributed by atoms with Crippen LogP contribution < -0.4 is 5.32 Å². The lowest BCUT2D eigenvalue weighted by Gasteiger charge is -2.16. The summed E-state index contributed by atoms with van der Waals surface area (Å²) in [5.74, 6) is -0.662. The van der Waals surface area contributed by atoms with E-state index in [-0.39, 0.29) is 17.7 Å². The fourth-order valence-electron chi connectivity index (χ4n) is 1.87. The van der Waals surface area contributed by atoms with Crippen molar-refractivity contribution in [1.82, 2.24) is 10.3 Å². The first kappa shape index (κ1) is 14.1. The van der Waals surface area contributed by atoms with E-state index in [0.29, 0.717) is 10.9 Å². The molecule has 0 fully saturated rings. The molecular formula is C14H13BrF2N2. The predicted molar refractivity (Wildman–Crippen MR) is 73.8 cm³/mol. The molecule has 0 bridgehead atoms. The zero-order valence-electron chi connectivity index (χ0n) is 10.3. The Morgan fingerprint density at radius 2 is 2.05 bits per heavy atom. The van der Waals surface area contributed by atoms with Crippen LogP contribution >= 0.6 is 15.9 Å². The lowest BCUT2D eigenvalue weighted by Crippen LogP contribution is -2.20. The lowest BCUT2D eigenvalue weighted by atomic mass is 10.0. The Kier molecular flexibility index (Phi) is 4.61. The average Bonchev–Trinajstić information content (AvgIpc) is 2.42. The zero-order chi connectivity index (χ0) is 13.8. The zero-order valence-corrected chi connectivity index (χ0v) is 11.9. The number of nitrogens with one attached hydrogen (secondary N) is 1. The van der Waals surface area contributed by atoms with E-state index in [4.69, 9.17) is 0 Å². The molecule has 2 aromatic rings. The molecule has 0 saturated carbocycles. The van der Waals surface area contributed by atoms with Crippen molar-refractivity contribution in [3.63, 3.8) is 0 Å². The molecule has 0 aliphatic rings. The molecule has 1 atom stereocenters. The number of likely N-dealkylation sites (N-methyl/N-ethyl adjacent to an activating group) is 1. The van der Waals surface area contributed by atoms with Crippen LogP contribution in [0.1, 0.15) is 17.3 Å². The fraction of sp³-hybridized carbons (Fsp3) is 0.214. The topological polar surface area (TPSA) is 24.9 Å². The third-order valence-electron chi connectivity index (χ3n) is 2.91. The van der Waals surface area contributed by atoms with Gasteiger partial charge in [0.2, 0.25) is 0 Å². The molecule has 100 valence electrons. The molecule has 0 radical (unpaired) electrons. The molecule has 1 heterocycles. The number of benzene rings is 1. The van der Waals surface area contributed by atoms with Gasteiger partial charge in [-0.1, -0.05) is 12.1 Å². The minimum atomic E-state index is -0.370. The van der Waals surface area contributed by atoms with Crippen molar-refractivity contribution in [3.05, 3.63) is 63.9 Å². The lowest BCUT2D eigenvalue weighted by molar-refractivity contribution is 0.559. The summed E-state index contributed by atoms with van der Waals surface area (Å²) in [4.78, 5) is 4.05. The Hall–Kier alpha value is -1.33. The summed E-state index contributed by atoms with van der Waals surface area (Å²) in [5.41, 5.74) is 1.56. The van der Waals surface area contributed by atoms with Gasteiger partial charge >= 0.3 is 0 Å². The van der Waals surface area contributed by atoms with Gasteiger partial charge in [0.1, 0.15) is 11.6 Å². The van der Waals surface area contributed by atoms with Gasteiger partial charge in [0.25, 0.3) is 0 Å². The normalized spacial score (nSPS) is 12.4. The molecule has 0 aliphatic carbocycles. The number of halogens is 3. The van der Waals surface area contributed by atoms with Crippen LogP contribution in [0.2, 0.25) is 0 Å². The standard InChI is InChI=1S/C14H13BrF2N2/c1-18-13(12-6-5-10(16)8-19-12)7-9-3-2-4-11(17)14(9)15/h2-6,8,13,18H,7H2,1H3. The summed E-state index contributed by atoms with van der Waals surface area (Å²) in [6.07, 6.45) is 1.74. The van der Waals surface area contributed by atoms with E-state index in [2.05, 4.69) is 26.2 Å². The van der Waals surface area contributed by atoms with Crippen LogP contribution in [0.25, 0.3) is 0 Å². The van der Waals surface area contributed by atoms with Gasteiger partial charge < -0.3 is 5.32 Å². The average molecular weight is 327 g/mol. The quantitative estimate of drug-likeness (QED) is 0.928. The molecule has 0 aliphatic heterocycles. The number of hydrogen-bond donors (Lipinski definition) is 1. The van der Waals surface area contributed by atoms with Gasteiger partial charge in [-0.2, -0.15) is 0 Å². The summed E-state index contributed by atoms with van der Waals surface area (Å²) in [6, 6.07) is 7.81. The van der Waals surface area contributed by atoms with E-state index < -0.39 is 0 Å². The van der Waals surface area contributed by atoms with Crippen LogP contribution in [0.5, 0.6) is 0 Å². The maximum Gasteiger partial charge on any atom is 0.141 e. The molecule has 1 unspecified atom stereocenters. The van der Waals surface area contributed by atoms with Crippen molar-refractivity contribution in [2.45, 2.75) is 12.5 Å². The summed E-state index contributed by atoms with van der Waals surface area (Å²) in [6.45, 7) is 0. The van der Waals surface area contributed by atoms with Gasteiger partial charge in [-0.3, -0.25) is 4.98 Å². The second-order valence-electron chi connectivity index (χ2n) is 4.16. The summed E-state index contributed by atoms with van der Waals surface area (Å²) in [7, 11) is 1.79. The second kappa shape index (κ2) is 6.21. The van der Waals surface area contributed by atoms with Gasteiger partial charge in [0.15, 0.2) is 0 Å². The maximum atomic E-state index is 13.5. The van der Waals surface area contributed by atoms with Crippen molar-refractivity contribution >= 4 is 15.9 Å². The van der Waals surface area contributed by atoms with Crippen molar-refractivity contribution in [1.29, 1.82) is 0 Å². The van der Waals surface area contributed by atoms with E-state index in [1.165, 1.54) is 18.3 Å². The highest BCUT2D eigenvalue weighted by atomic mass is 79.9. The van der Waals surface area contributed by atoms with Crippen molar-refractivity contribution < 1.29 is 8.78 Å². The van der Waals surface area contributed by atoms with Crippen LogP contribution in [0.15, 0.2) is 41.0 Å². The molecule has 1 aromatic carbocycles. The molecule has 0 amide bonds. The highest BCUT2D eigenvalue weighted by Gasteiger charge is 2.14. The predicted octanol–water partition coefficient (Wildman–Crippen LogP) is 3.63. The number of aromatic nitrogens is 1. The van der Waals surface area contributed by atoms with Crippen molar-refractivity contribution in [2.75, 3.05) is 7.05 Å². The van der Waals surface area contributed by atoms with Gasteiger partial charge in [-0.25, -0.2) is 8.78 Å². The monoisotopic (exact) mass is 326 g/mol. The highest BCUT2D eigenvalue weighted by Crippen LogP contribution is 2.25. The van der Waals surface area contributed by atoms with Crippen LogP contribution in [0.4, 0.5) is 8.78 Å². The fourth-order valence-corrected chi connectivity index (χ4v) is 2.30. The SMILES string of the molecule is CNC(Cc1cccc(F)c1Br)c1ccc(F)cn1. The summed E-state index contributed by atoms with van der Waals surface area (Å²) < 4.78 is 26.8. The number of nitrogens with zero attached hydrogens (tertiary/aromatic N) is 1. The van der Waals surface area contributed by atoms with Gasteiger partial charge in [0.05, 0.1) is 22.4 Å². The van der Waals surface area contributed by atoms with Gasteiger partial charge in [0, 0.05) is 0 Å². The third kappa shape index (κ3) is 3.36. The number of rotatable bonds is 4. The first-order valence-electron chi connectivity index (χ1n) is 5.83. The molecule has 1 N–H and O–H groups in total.